The minimum Gasteiger partial charge on any atom is -0.579 e. The molecule has 0 bridgehead atoms. The fourth-order valence-corrected chi connectivity index (χ4v) is 5.68. The van der Waals surface area contributed by atoms with E-state index in [2.05, 4.69) is 0 Å². The summed E-state index contributed by atoms with van der Waals surface area (Å²) in [4.78, 5) is 0. The van der Waals surface area contributed by atoms with Gasteiger partial charge in [0.05, 0.1) is 20.6 Å². The van der Waals surface area contributed by atoms with Crippen molar-refractivity contribution in [2.45, 2.75) is 19.4 Å². The molecule has 0 saturated carbocycles. The second kappa shape index (κ2) is 14.0. The van der Waals surface area contributed by atoms with E-state index in [1.54, 1.807) is 44.4 Å². The summed E-state index contributed by atoms with van der Waals surface area (Å²) in [6.45, 7) is -0.759. The molecule has 4 rings (SSSR count). The van der Waals surface area contributed by atoms with E-state index in [0.717, 1.165) is 5.56 Å². The van der Waals surface area contributed by atoms with Crippen molar-refractivity contribution in [3.05, 3.63) is 123 Å². The molecule has 0 saturated heterocycles. The molecule has 0 unspecified atom stereocenters. The molecule has 2 nitrogen and oxygen atoms in total. The molecule has 0 aliphatic carbocycles. The Morgan fingerprint density at radius 3 is 1.08 bits per heavy atom. The molecule has 264 valence electrons. The van der Waals surface area contributed by atoms with Gasteiger partial charge in [-0.3, -0.25) is 0 Å². The van der Waals surface area contributed by atoms with Gasteiger partial charge in [-0.15, -0.1) is 0 Å². The molecule has 0 aromatic heterocycles. The average Bonchev–Trinajstić information content (AvgIpc) is 3.06. The molecule has 18 heteroatoms. The van der Waals surface area contributed by atoms with E-state index < -0.39 is 123 Å². The summed E-state index contributed by atoms with van der Waals surface area (Å²) in [6.07, 6.45) is -6.58. The van der Waals surface area contributed by atoms with E-state index in [-0.39, 0.29) is 17.4 Å². The lowest BCUT2D eigenvalue weighted by molar-refractivity contribution is -0.903. The van der Waals surface area contributed by atoms with Gasteiger partial charge in [-0.1, -0.05) is 46.7 Å². The van der Waals surface area contributed by atoms with Gasteiger partial charge < -0.3 is 9.14 Å². The predicted octanol–water partition coefficient (Wildman–Crippen LogP) is 6.81. The van der Waals surface area contributed by atoms with Crippen LogP contribution in [0.1, 0.15) is 18.4 Å². The molecule has 0 heterocycles. The number of benzene rings is 4. The van der Waals surface area contributed by atoms with Crippen LogP contribution < -0.4 is 16.4 Å². The highest BCUT2D eigenvalue weighted by Gasteiger charge is 2.49. The zero-order chi connectivity index (χ0) is 36.7. The summed E-state index contributed by atoms with van der Waals surface area (Å²) in [7, 11) is 3.42. The van der Waals surface area contributed by atoms with Crippen LogP contribution in [0.15, 0.2) is 30.3 Å². The minimum absolute atomic E-state index is 0.0721. The van der Waals surface area contributed by atoms with E-state index in [0.29, 0.717) is 6.54 Å². The molecule has 49 heavy (non-hydrogen) atoms. The average molecular weight is 719 g/mol. The Labute approximate surface area is 267 Å². The quantitative estimate of drug-likeness (QED) is 0.0414. The number of rotatable bonds is 11. The number of hydrogen-bond acceptors (Lipinski definition) is 1. The minimum atomic E-state index is -6.01. The van der Waals surface area contributed by atoms with Crippen molar-refractivity contribution in [2.24, 2.45) is 0 Å². The van der Waals surface area contributed by atoms with Crippen LogP contribution in [0.25, 0.3) is 0 Å². The fraction of sp³-hybridized carbons (Fsp3) is 0.226. The first-order chi connectivity index (χ1) is 22.8. The van der Waals surface area contributed by atoms with Crippen molar-refractivity contribution in [3.63, 3.8) is 0 Å². The van der Waals surface area contributed by atoms with Gasteiger partial charge in [0.2, 0.25) is 6.35 Å². The lowest BCUT2D eigenvalue weighted by atomic mass is 9.27. The highest BCUT2D eigenvalue weighted by Crippen LogP contribution is 2.29. The molecule has 0 aliphatic heterocycles. The lowest BCUT2D eigenvalue weighted by Gasteiger charge is -2.44. The lowest BCUT2D eigenvalue weighted by Crippen LogP contribution is -2.75. The number of halogens is 15. The van der Waals surface area contributed by atoms with Crippen molar-refractivity contribution in [1.29, 1.82) is 0 Å². The van der Waals surface area contributed by atoms with Crippen LogP contribution >= 0.6 is 0 Å². The second-order valence-corrected chi connectivity index (χ2v) is 11.6. The summed E-state index contributed by atoms with van der Waals surface area (Å²) >= 11 is 0. The molecule has 0 amide bonds. The summed E-state index contributed by atoms with van der Waals surface area (Å²) in [5.41, 5.74) is -7.52. The third kappa shape index (κ3) is 6.47. The summed E-state index contributed by atoms with van der Waals surface area (Å²) in [5.74, 6) is -46.1. The fourth-order valence-electron chi connectivity index (χ4n) is 5.68. The molecule has 0 aliphatic rings. The molecule has 0 fully saturated rings. The Morgan fingerprint density at radius 2 is 0.755 bits per heavy atom. The largest absolute Gasteiger partial charge is 0.579 e. The molecular weight excluding hydrogens is 698 g/mol. The number of quaternary nitrogens is 1. The zero-order valence-electron chi connectivity index (χ0n) is 25.0. The van der Waals surface area contributed by atoms with Crippen LogP contribution in [0.3, 0.4) is 0 Å². The Bertz CT molecular complexity index is 1670. The topological polar surface area (TPSA) is 9.23 Å². The smallest absolute Gasteiger partial charge is 0.216 e. The van der Waals surface area contributed by atoms with Gasteiger partial charge in [0, 0.05) is 12.2 Å². The third-order valence-corrected chi connectivity index (χ3v) is 7.93. The first-order valence-electron chi connectivity index (χ1n) is 14.0. The van der Waals surface area contributed by atoms with Gasteiger partial charge in [-0.25, -0.2) is 65.9 Å². The molecule has 4 aromatic rings. The van der Waals surface area contributed by atoms with Gasteiger partial charge in [0.25, 0.3) is 0 Å². The van der Waals surface area contributed by atoms with Crippen LogP contribution in [0.5, 0.6) is 0 Å². The van der Waals surface area contributed by atoms with E-state index >= 15 is 26.3 Å². The first kappa shape index (κ1) is 37.6. The van der Waals surface area contributed by atoms with Crippen molar-refractivity contribution in [2.75, 3.05) is 27.2 Å². The van der Waals surface area contributed by atoms with Crippen LogP contribution in [-0.2, 0) is 11.2 Å². The second-order valence-electron chi connectivity index (χ2n) is 11.6. The highest BCUT2D eigenvalue weighted by molar-refractivity contribution is 7.07. The Kier molecular flexibility index (Phi) is 10.7. The molecule has 4 aromatic carbocycles. The Hall–Kier alpha value is -4.19. The van der Waals surface area contributed by atoms with E-state index in [1.807, 2.05) is 0 Å². The van der Waals surface area contributed by atoms with Crippen molar-refractivity contribution in [1.82, 2.24) is 0 Å². The van der Waals surface area contributed by atoms with Crippen molar-refractivity contribution in [3.8, 4) is 0 Å². The normalized spacial score (nSPS) is 12.3. The van der Waals surface area contributed by atoms with Gasteiger partial charge in [-0.05, 0) is 12.8 Å². The molecule has 0 radical (unpaired) electrons. The molecule has 0 atom stereocenters. The molecular formula is C31H21BF15NO. The van der Waals surface area contributed by atoms with E-state index in [4.69, 9.17) is 4.65 Å². The number of hydrogen-bond donors (Lipinski definition) is 0. The first-order valence-corrected chi connectivity index (χ1v) is 14.0. The predicted molar refractivity (Wildman–Crippen MR) is 146 cm³/mol. The van der Waals surface area contributed by atoms with Crippen LogP contribution in [0.2, 0.25) is 0 Å². The van der Waals surface area contributed by atoms with Gasteiger partial charge in [0.15, 0.2) is 52.4 Å². The summed E-state index contributed by atoms with van der Waals surface area (Å²) in [5, 5.41) is 0. The standard InChI is InChI=1S/C31H21BF15NO/c1-48(2,12-13-8-4-3-5-9-13)10-6-7-11-49-32(14-17(33)23(39)29(45)24(40)18(14)34,15-19(35)25(41)30(46)26(42)20(15)36)16-21(37)27(43)31(47)28(44)22(16)38/h3-5,8-9H,6-7,10-12H2,1-2H3. The molecule has 0 spiro atoms. The Morgan fingerprint density at radius 1 is 0.449 bits per heavy atom. The van der Waals surface area contributed by atoms with E-state index in [9.17, 15) is 39.5 Å². The van der Waals surface area contributed by atoms with Crippen LogP contribution in [0.4, 0.5) is 65.9 Å². The van der Waals surface area contributed by atoms with Crippen LogP contribution in [0, 0.1) is 87.3 Å². The SMILES string of the molecule is C[N+](C)(CCCCO[B-](c1c(F)c(F)c(F)c(F)c1F)(c1c(F)c(F)c(F)c(F)c1F)c1c(F)c(F)c(F)c(F)c1F)Cc1ccccc1. The highest BCUT2D eigenvalue weighted by atomic mass is 19.2. The third-order valence-electron chi connectivity index (χ3n) is 7.93. The maximum atomic E-state index is 15.5. The maximum absolute atomic E-state index is 15.5. The van der Waals surface area contributed by atoms with Gasteiger partial charge in [-0.2, -0.15) is 0 Å². The van der Waals surface area contributed by atoms with Gasteiger partial charge >= 0.3 is 0 Å². The van der Waals surface area contributed by atoms with Gasteiger partial charge in [0.1, 0.15) is 41.4 Å². The summed E-state index contributed by atoms with van der Waals surface area (Å²) < 4.78 is 228. The molecule has 0 N–H and O–H groups in total. The number of unbranched alkanes of at least 4 members (excludes halogenated alkanes) is 1. The monoisotopic (exact) mass is 719 g/mol. The number of nitrogens with zero attached hydrogens (tertiary/aromatic N) is 1. The van der Waals surface area contributed by atoms with E-state index in [1.165, 1.54) is 0 Å². The van der Waals surface area contributed by atoms with Crippen LogP contribution in [-0.4, -0.2) is 38.1 Å². The zero-order valence-corrected chi connectivity index (χ0v) is 25.0. The Balaban J connectivity index is 2.03. The van der Waals surface area contributed by atoms with Crippen molar-refractivity contribution < 1.29 is 75.0 Å². The van der Waals surface area contributed by atoms with Crippen molar-refractivity contribution >= 4 is 22.7 Å². The summed E-state index contributed by atoms with van der Waals surface area (Å²) in [6, 6.07) is 8.77. The maximum Gasteiger partial charge on any atom is 0.216 e.